The Balaban J connectivity index is 2.62. The Morgan fingerprint density at radius 3 is 2.70 bits per heavy atom. The fourth-order valence-corrected chi connectivity index (χ4v) is 2.02. The molecule has 0 aliphatic rings. The standard InChI is InChI=1S/C15H23NO4/c1-4-16-15(2,14(18)19-3)9-10-20-13-8-6-5-7-12(13)11-17/h5-8,16-17H,4,9-11H2,1-3H3. The summed E-state index contributed by atoms with van der Waals surface area (Å²) in [6, 6.07) is 7.29. The zero-order chi connectivity index (χ0) is 15.0. The molecule has 0 aromatic heterocycles. The number of esters is 1. The molecule has 1 atom stereocenters. The third-order valence-electron chi connectivity index (χ3n) is 3.21. The van der Waals surface area contributed by atoms with Gasteiger partial charge in [-0.1, -0.05) is 25.1 Å². The Morgan fingerprint density at radius 2 is 2.10 bits per heavy atom. The molecule has 0 aliphatic carbocycles. The Kier molecular flexibility index (Phi) is 6.48. The fraction of sp³-hybridized carbons (Fsp3) is 0.533. The van der Waals surface area contributed by atoms with Crippen LogP contribution in [0.1, 0.15) is 25.8 Å². The largest absolute Gasteiger partial charge is 0.493 e. The van der Waals surface area contributed by atoms with Gasteiger partial charge in [0.05, 0.1) is 20.3 Å². The average Bonchev–Trinajstić information content (AvgIpc) is 2.47. The number of hydrogen-bond donors (Lipinski definition) is 2. The topological polar surface area (TPSA) is 67.8 Å². The van der Waals surface area contributed by atoms with Gasteiger partial charge >= 0.3 is 5.97 Å². The fourth-order valence-electron chi connectivity index (χ4n) is 2.02. The molecule has 1 unspecified atom stereocenters. The van der Waals surface area contributed by atoms with Crippen molar-refractivity contribution in [3.8, 4) is 5.75 Å². The highest BCUT2D eigenvalue weighted by atomic mass is 16.5. The highest BCUT2D eigenvalue weighted by Gasteiger charge is 2.33. The van der Waals surface area contributed by atoms with Gasteiger partial charge in [-0.05, 0) is 19.5 Å². The van der Waals surface area contributed by atoms with Gasteiger partial charge in [0.15, 0.2) is 0 Å². The van der Waals surface area contributed by atoms with Gasteiger partial charge in [-0.3, -0.25) is 4.79 Å². The normalized spacial score (nSPS) is 13.6. The highest BCUT2D eigenvalue weighted by molar-refractivity contribution is 5.80. The number of carbonyl (C=O) groups is 1. The van der Waals surface area contributed by atoms with Crippen LogP contribution in [0.3, 0.4) is 0 Å². The van der Waals surface area contributed by atoms with E-state index < -0.39 is 5.54 Å². The first-order valence-corrected chi connectivity index (χ1v) is 6.72. The van der Waals surface area contributed by atoms with Crippen LogP contribution in [0.2, 0.25) is 0 Å². The van der Waals surface area contributed by atoms with E-state index in [2.05, 4.69) is 5.32 Å². The zero-order valence-electron chi connectivity index (χ0n) is 12.3. The van der Waals surface area contributed by atoms with Gasteiger partial charge in [-0.15, -0.1) is 0 Å². The minimum absolute atomic E-state index is 0.0718. The molecular formula is C15H23NO4. The Bertz CT molecular complexity index is 436. The Labute approximate surface area is 119 Å². The molecule has 0 fully saturated rings. The van der Waals surface area contributed by atoms with E-state index in [1.807, 2.05) is 19.1 Å². The third kappa shape index (κ3) is 4.21. The van der Waals surface area contributed by atoms with Crippen LogP contribution in [0, 0.1) is 0 Å². The molecule has 0 aliphatic heterocycles. The number of aliphatic hydroxyl groups excluding tert-OH is 1. The number of methoxy groups -OCH3 is 1. The molecule has 0 saturated carbocycles. The zero-order valence-corrected chi connectivity index (χ0v) is 12.3. The lowest BCUT2D eigenvalue weighted by Gasteiger charge is -2.27. The number of aliphatic hydroxyl groups is 1. The molecule has 1 rings (SSSR count). The molecule has 0 spiro atoms. The second-order valence-electron chi connectivity index (χ2n) is 4.72. The van der Waals surface area contributed by atoms with Crippen molar-refractivity contribution in [1.82, 2.24) is 5.32 Å². The number of carbonyl (C=O) groups excluding carboxylic acids is 1. The molecular weight excluding hydrogens is 258 g/mol. The van der Waals surface area contributed by atoms with E-state index in [1.165, 1.54) is 7.11 Å². The summed E-state index contributed by atoms with van der Waals surface area (Å²) in [4.78, 5) is 11.8. The maximum atomic E-state index is 11.8. The van der Waals surface area contributed by atoms with Crippen LogP contribution >= 0.6 is 0 Å². The maximum Gasteiger partial charge on any atom is 0.325 e. The number of ether oxygens (including phenoxy) is 2. The van der Waals surface area contributed by atoms with Crippen LogP contribution in [0.15, 0.2) is 24.3 Å². The molecule has 0 saturated heterocycles. The van der Waals surface area contributed by atoms with Crippen molar-refractivity contribution in [2.24, 2.45) is 0 Å². The predicted molar refractivity (Wildman–Crippen MR) is 76.6 cm³/mol. The van der Waals surface area contributed by atoms with Crippen molar-refractivity contribution in [1.29, 1.82) is 0 Å². The number of hydrogen-bond acceptors (Lipinski definition) is 5. The number of likely N-dealkylation sites (N-methyl/N-ethyl adjacent to an activating group) is 1. The van der Waals surface area contributed by atoms with Gasteiger partial charge in [0.25, 0.3) is 0 Å². The van der Waals surface area contributed by atoms with E-state index >= 15 is 0 Å². The Hall–Kier alpha value is -1.59. The second-order valence-corrected chi connectivity index (χ2v) is 4.72. The van der Waals surface area contributed by atoms with E-state index in [0.29, 0.717) is 25.3 Å². The van der Waals surface area contributed by atoms with Gasteiger partial charge < -0.3 is 19.9 Å². The van der Waals surface area contributed by atoms with Crippen LogP contribution < -0.4 is 10.1 Å². The van der Waals surface area contributed by atoms with Crippen molar-refractivity contribution in [2.75, 3.05) is 20.3 Å². The summed E-state index contributed by atoms with van der Waals surface area (Å²) >= 11 is 0. The highest BCUT2D eigenvalue weighted by Crippen LogP contribution is 2.19. The summed E-state index contributed by atoms with van der Waals surface area (Å²) < 4.78 is 10.5. The summed E-state index contributed by atoms with van der Waals surface area (Å²) in [6.07, 6.45) is 0.479. The van der Waals surface area contributed by atoms with E-state index in [4.69, 9.17) is 9.47 Å². The van der Waals surface area contributed by atoms with Crippen LogP contribution in [0.5, 0.6) is 5.75 Å². The molecule has 0 heterocycles. The molecule has 1 aromatic carbocycles. The lowest BCUT2D eigenvalue weighted by molar-refractivity contribution is -0.148. The number of rotatable bonds is 8. The summed E-state index contributed by atoms with van der Waals surface area (Å²) in [6.45, 7) is 4.68. The maximum absolute atomic E-state index is 11.8. The summed E-state index contributed by atoms with van der Waals surface area (Å²) in [5.74, 6) is 0.331. The molecule has 0 amide bonds. The first-order valence-electron chi connectivity index (χ1n) is 6.72. The molecule has 5 nitrogen and oxygen atoms in total. The SMILES string of the molecule is CCNC(C)(CCOc1ccccc1CO)C(=O)OC. The summed E-state index contributed by atoms with van der Waals surface area (Å²) in [5, 5.41) is 12.3. The van der Waals surface area contributed by atoms with Crippen LogP contribution in [-0.4, -0.2) is 36.9 Å². The van der Waals surface area contributed by atoms with Crippen molar-refractivity contribution in [3.05, 3.63) is 29.8 Å². The lowest BCUT2D eigenvalue weighted by atomic mass is 9.98. The molecule has 20 heavy (non-hydrogen) atoms. The van der Waals surface area contributed by atoms with Gasteiger partial charge in [0.1, 0.15) is 11.3 Å². The third-order valence-corrected chi connectivity index (χ3v) is 3.21. The van der Waals surface area contributed by atoms with Gasteiger partial charge in [-0.2, -0.15) is 0 Å². The first kappa shape index (κ1) is 16.5. The number of para-hydroxylation sites is 1. The minimum Gasteiger partial charge on any atom is -0.493 e. The second kappa shape index (κ2) is 7.87. The van der Waals surface area contributed by atoms with Gasteiger partial charge in [-0.25, -0.2) is 0 Å². The van der Waals surface area contributed by atoms with Crippen LogP contribution in [0.25, 0.3) is 0 Å². The predicted octanol–water partition coefficient (Wildman–Crippen LogP) is 1.49. The first-order chi connectivity index (χ1) is 9.57. The van der Waals surface area contributed by atoms with Gasteiger partial charge in [0, 0.05) is 12.0 Å². The molecule has 0 radical (unpaired) electrons. The quantitative estimate of drug-likeness (QED) is 0.707. The summed E-state index contributed by atoms with van der Waals surface area (Å²) in [5.41, 5.74) is -0.0341. The molecule has 1 aromatic rings. The van der Waals surface area contributed by atoms with Crippen molar-refractivity contribution in [2.45, 2.75) is 32.4 Å². The van der Waals surface area contributed by atoms with E-state index in [-0.39, 0.29) is 12.6 Å². The average molecular weight is 281 g/mol. The summed E-state index contributed by atoms with van der Waals surface area (Å²) in [7, 11) is 1.37. The lowest BCUT2D eigenvalue weighted by Crippen LogP contribution is -2.51. The van der Waals surface area contributed by atoms with Crippen LogP contribution in [-0.2, 0) is 16.1 Å². The molecule has 0 bridgehead atoms. The van der Waals surface area contributed by atoms with Crippen molar-refractivity contribution in [3.63, 3.8) is 0 Å². The van der Waals surface area contributed by atoms with E-state index in [1.54, 1.807) is 19.1 Å². The number of benzene rings is 1. The van der Waals surface area contributed by atoms with Crippen molar-refractivity contribution >= 4 is 5.97 Å². The monoisotopic (exact) mass is 281 g/mol. The van der Waals surface area contributed by atoms with Gasteiger partial charge in [0.2, 0.25) is 0 Å². The van der Waals surface area contributed by atoms with E-state index in [0.717, 1.165) is 5.56 Å². The number of nitrogens with one attached hydrogen (secondary N) is 1. The Morgan fingerprint density at radius 1 is 1.40 bits per heavy atom. The van der Waals surface area contributed by atoms with Crippen molar-refractivity contribution < 1.29 is 19.4 Å². The smallest absolute Gasteiger partial charge is 0.325 e. The van der Waals surface area contributed by atoms with E-state index in [9.17, 15) is 9.90 Å². The molecule has 2 N–H and O–H groups in total. The molecule has 112 valence electrons. The molecule has 5 heteroatoms. The minimum atomic E-state index is -0.766. The van der Waals surface area contributed by atoms with Crippen LogP contribution in [0.4, 0.5) is 0 Å².